The highest BCUT2D eigenvalue weighted by Crippen LogP contribution is 2.20. The van der Waals surface area contributed by atoms with Gasteiger partial charge in [-0.05, 0) is 29.9 Å². The summed E-state index contributed by atoms with van der Waals surface area (Å²) in [4.78, 5) is 11.2. The summed E-state index contributed by atoms with van der Waals surface area (Å²) in [5.41, 5.74) is 0. The third kappa shape index (κ3) is 11.0. The Kier molecular flexibility index (Phi) is 11.1. The molecule has 4 atom stereocenters. The summed E-state index contributed by atoms with van der Waals surface area (Å²) >= 11 is 9.08. The number of hydrogen-bond donors (Lipinski definition) is 2. The van der Waals surface area contributed by atoms with E-state index in [9.17, 15) is 9.90 Å². The molecule has 0 fully saturated rings. The zero-order valence-corrected chi connectivity index (χ0v) is 15.1. The molecule has 20 heavy (non-hydrogen) atoms. The van der Waals surface area contributed by atoms with E-state index in [-0.39, 0.29) is 18.2 Å². The minimum atomic E-state index is -0.831. The van der Waals surface area contributed by atoms with Crippen molar-refractivity contribution >= 4 is 37.6 Å². The van der Waals surface area contributed by atoms with E-state index in [1.807, 2.05) is 6.92 Å². The average Bonchev–Trinajstić information content (AvgIpc) is 2.25. The second kappa shape index (κ2) is 11.0. The lowest BCUT2D eigenvalue weighted by atomic mass is 9.98. The van der Waals surface area contributed by atoms with E-state index in [4.69, 9.17) is 20.1 Å². The zero-order valence-electron chi connectivity index (χ0n) is 12.6. The van der Waals surface area contributed by atoms with Gasteiger partial charge in [0.2, 0.25) is 0 Å². The van der Waals surface area contributed by atoms with E-state index in [0.29, 0.717) is 25.2 Å². The van der Waals surface area contributed by atoms with Gasteiger partial charge in [0.05, 0.1) is 21.0 Å². The van der Waals surface area contributed by atoms with Crippen LogP contribution < -0.4 is 0 Å². The standard InChI is InChI=1S/C13H26O4S3/c1-5-11(15)7-12(16-10(4)14)8-13(6-9(2)3)17-20(18)19/h9,11-13,15H,5-8H2,1-4H3,(H,18,19). The third-order valence-electron chi connectivity index (χ3n) is 2.82. The molecular weight excluding hydrogens is 316 g/mol. The molecule has 0 aromatic heterocycles. The predicted molar refractivity (Wildman–Crippen MR) is 89.1 cm³/mol. The molecular formula is C13H26O4S3. The summed E-state index contributed by atoms with van der Waals surface area (Å²) in [6.45, 7) is 7.46. The van der Waals surface area contributed by atoms with E-state index < -0.39 is 14.9 Å². The van der Waals surface area contributed by atoms with Crippen LogP contribution in [0.1, 0.15) is 53.4 Å². The number of thiol groups is 1. The SMILES string of the molecule is CCC(O)CC(CC(CC(C)C)OS(=S)S)OC(C)=O. The molecule has 7 heteroatoms. The lowest BCUT2D eigenvalue weighted by molar-refractivity contribution is -0.149. The summed E-state index contributed by atoms with van der Waals surface area (Å²) in [7, 11) is -0.831. The first-order valence-electron chi connectivity index (χ1n) is 6.87. The number of aliphatic hydroxyl groups excluding tert-OH is 1. The predicted octanol–water partition coefficient (Wildman–Crippen LogP) is 2.74. The molecule has 0 spiro atoms. The van der Waals surface area contributed by atoms with Gasteiger partial charge in [0.15, 0.2) is 0 Å². The fraction of sp³-hybridized carbons (Fsp3) is 0.923. The van der Waals surface area contributed by atoms with Crippen molar-refractivity contribution in [3.05, 3.63) is 0 Å². The van der Waals surface area contributed by atoms with Crippen molar-refractivity contribution in [2.45, 2.75) is 71.7 Å². The number of hydrogen-bond acceptors (Lipinski definition) is 5. The van der Waals surface area contributed by atoms with Crippen LogP contribution in [-0.2, 0) is 33.7 Å². The molecule has 0 bridgehead atoms. The number of carbonyl (C=O) groups is 1. The van der Waals surface area contributed by atoms with Gasteiger partial charge in [0, 0.05) is 19.8 Å². The van der Waals surface area contributed by atoms with Crippen molar-refractivity contribution in [3.8, 4) is 0 Å². The van der Waals surface area contributed by atoms with Gasteiger partial charge in [-0.25, -0.2) is 0 Å². The number of ether oxygens (including phenoxy) is 1. The minimum absolute atomic E-state index is 0.110. The zero-order chi connectivity index (χ0) is 15.7. The van der Waals surface area contributed by atoms with Gasteiger partial charge >= 0.3 is 5.97 Å². The van der Waals surface area contributed by atoms with Crippen molar-refractivity contribution in [2.24, 2.45) is 5.92 Å². The van der Waals surface area contributed by atoms with Crippen molar-refractivity contribution in [1.29, 1.82) is 0 Å². The lowest BCUT2D eigenvalue weighted by Gasteiger charge is -2.25. The second-order valence-corrected chi connectivity index (χ2v) is 8.60. The van der Waals surface area contributed by atoms with Crippen LogP contribution in [0.15, 0.2) is 0 Å². The maximum Gasteiger partial charge on any atom is 0.302 e. The summed E-state index contributed by atoms with van der Waals surface area (Å²) in [6.07, 6.45) is 1.48. The van der Waals surface area contributed by atoms with Crippen LogP contribution in [0.25, 0.3) is 0 Å². The van der Waals surface area contributed by atoms with E-state index >= 15 is 0 Å². The van der Waals surface area contributed by atoms with Crippen LogP contribution >= 0.6 is 11.7 Å². The minimum Gasteiger partial charge on any atom is -0.462 e. The lowest BCUT2D eigenvalue weighted by Crippen LogP contribution is -2.29. The van der Waals surface area contributed by atoms with Crippen LogP contribution in [0.5, 0.6) is 0 Å². The molecule has 120 valence electrons. The Labute approximate surface area is 134 Å². The van der Waals surface area contributed by atoms with Gasteiger partial charge < -0.3 is 9.84 Å². The first kappa shape index (κ1) is 20.3. The Morgan fingerprint density at radius 2 is 1.90 bits per heavy atom. The molecule has 0 aromatic carbocycles. The van der Waals surface area contributed by atoms with Crippen LogP contribution in [0, 0.1) is 5.92 Å². The highest BCUT2D eigenvalue weighted by atomic mass is 33.3. The van der Waals surface area contributed by atoms with Crippen LogP contribution in [-0.4, -0.2) is 29.4 Å². The van der Waals surface area contributed by atoms with Crippen molar-refractivity contribution < 1.29 is 18.8 Å². The maximum atomic E-state index is 11.2. The Bertz CT molecular complexity index is 310. The smallest absolute Gasteiger partial charge is 0.302 e. The molecule has 0 radical (unpaired) electrons. The number of rotatable bonds is 10. The monoisotopic (exact) mass is 342 g/mol. The maximum absolute atomic E-state index is 11.2. The Morgan fingerprint density at radius 1 is 1.30 bits per heavy atom. The van der Waals surface area contributed by atoms with E-state index in [1.165, 1.54) is 6.92 Å². The molecule has 4 unspecified atom stereocenters. The first-order chi connectivity index (χ1) is 9.24. The summed E-state index contributed by atoms with van der Waals surface area (Å²) in [5.74, 6) is 0.103. The normalized spacial score (nSPS) is 17.6. The molecule has 0 aliphatic carbocycles. The fourth-order valence-electron chi connectivity index (χ4n) is 2.01. The highest BCUT2D eigenvalue weighted by Gasteiger charge is 2.23. The van der Waals surface area contributed by atoms with Gasteiger partial charge in [-0.3, -0.25) is 8.98 Å². The Hall–Kier alpha value is 0.310. The third-order valence-corrected chi connectivity index (χ3v) is 3.75. The summed E-state index contributed by atoms with van der Waals surface area (Å²) in [5, 5.41) is 9.75. The number of aliphatic hydroxyl groups is 1. The number of esters is 1. The Balaban J connectivity index is 4.66. The van der Waals surface area contributed by atoms with Crippen LogP contribution in [0.2, 0.25) is 0 Å². The molecule has 0 rings (SSSR count). The molecule has 0 saturated heterocycles. The van der Waals surface area contributed by atoms with E-state index in [1.54, 1.807) is 0 Å². The molecule has 4 nitrogen and oxygen atoms in total. The molecule has 1 N–H and O–H groups in total. The van der Waals surface area contributed by atoms with Crippen molar-refractivity contribution in [3.63, 3.8) is 0 Å². The van der Waals surface area contributed by atoms with E-state index in [0.717, 1.165) is 6.42 Å². The van der Waals surface area contributed by atoms with Gasteiger partial charge in [-0.2, -0.15) is 0 Å². The topological polar surface area (TPSA) is 55.8 Å². The number of carbonyl (C=O) groups excluding carboxylic acids is 1. The van der Waals surface area contributed by atoms with Crippen molar-refractivity contribution in [1.82, 2.24) is 0 Å². The summed E-state index contributed by atoms with van der Waals surface area (Å²) < 4.78 is 10.9. The molecule has 0 aromatic rings. The molecule has 0 aliphatic rings. The van der Waals surface area contributed by atoms with Gasteiger partial charge in [0.25, 0.3) is 0 Å². The average molecular weight is 343 g/mol. The van der Waals surface area contributed by atoms with Gasteiger partial charge in [-0.1, -0.05) is 32.4 Å². The van der Waals surface area contributed by atoms with E-state index in [2.05, 4.69) is 25.5 Å². The Morgan fingerprint density at radius 3 is 2.30 bits per heavy atom. The van der Waals surface area contributed by atoms with Crippen LogP contribution in [0.3, 0.4) is 0 Å². The van der Waals surface area contributed by atoms with Gasteiger partial charge in [0.1, 0.15) is 6.10 Å². The second-order valence-electron chi connectivity index (χ2n) is 5.33. The summed E-state index contributed by atoms with van der Waals surface area (Å²) in [6, 6.07) is 0. The molecule has 0 amide bonds. The quantitative estimate of drug-likeness (QED) is 0.363. The largest absolute Gasteiger partial charge is 0.462 e. The molecule has 0 aliphatic heterocycles. The molecule has 0 saturated carbocycles. The van der Waals surface area contributed by atoms with Crippen molar-refractivity contribution in [2.75, 3.05) is 0 Å². The first-order valence-corrected chi connectivity index (χ1v) is 10.0. The van der Waals surface area contributed by atoms with Gasteiger partial charge in [-0.15, -0.1) is 0 Å². The fourth-order valence-corrected chi connectivity index (χ4v) is 3.10. The van der Waals surface area contributed by atoms with Crippen LogP contribution in [0.4, 0.5) is 0 Å². The molecule has 0 heterocycles. The highest BCUT2D eigenvalue weighted by molar-refractivity contribution is 8.74.